The lowest BCUT2D eigenvalue weighted by Crippen LogP contribution is -2.12. The maximum absolute atomic E-state index is 5.85. The van der Waals surface area contributed by atoms with Gasteiger partial charge in [-0.3, -0.25) is 0 Å². The molecular formula is C13H18BrNO2. The van der Waals surface area contributed by atoms with E-state index in [-0.39, 0.29) is 6.04 Å². The van der Waals surface area contributed by atoms with E-state index in [0.29, 0.717) is 5.92 Å². The lowest BCUT2D eigenvalue weighted by molar-refractivity contribution is 0.167. The Morgan fingerprint density at radius 2 is 2.41 bits per heavy atom. The zero-order valence-corrected chi connectivity index (χ0v) is 11.6. The summed E-state index contributed by atoms with van der Waals surface area (Å²) >= 11 is 3.52. The van der Waals surface area contributed by atoms with E-state index >= 15 is 0 Å². The van der Waals surface area contributed by atoms with Gasteiger partial charge in [-0.15, -0.1) is 0 Å². The van der Waals surface area contributed by atoms with Crippen LogP contribution in [0.25, 0.3) is 0 Å². The molecule has 0 saturated carbocycles. The molecule has 2 rings (SSSR count). The number of halogens is 1. The molecule has 0 radical (unpaired) electrons. The molecule has 1 aromatic carbocycles. The van der Waals surface area contributed by atoms with E-state index in [1.807, 2.05) is 25.1 Å². The predicted molar refractivity (Wildman–Crippen MR) is 71.2 cm³/mol. The van der Waals surface area contributed by atoms with Crippen LogP contribution in [-0.2, 0) is 4.74 Å². The molecule has 1 saturated heterocycles. The molecule has 1 heterocycles. The van der Waals surface area contributed by atoms with Gasteiger partial charge < -0.3 is 15.2 Å². The van der Waals surface area contributed by atoms with Crippen LogP contribution >= 0.6 is 15.9 Å². The number of benzene rings is 1. The molecule has 0 aliphatic carbocycles. The Balaban J connectivity index is 1.94. The normalized spacial score (nSPS) is 21.5. The number of nitrogens with two attached hydrogens (primary N) is 1. The fourth-order valence-corrected chi connectivity index (χ4v) is 2.61. The summed E-state index contributed by atoms with van der Waals surface area (Å²) < 4.78 is 12.1. The second kappa shape index (κ2) is 5.85. The highest BCUT2D eigenvalue weighted by atomic mass is 79.9. The van der Waals surface area contributed by atoms with E-state index in [0.717, 1.165) is 42.0 Å². The van der Waals surface area contributed by atoms with Crippen molar-refractivity contribution < 1.29 is 9.47 Å². The molecule has 1 aliphatic rings. The van der Waals surface area contributed by atoms with E-state index in [1.165, 1.54) is 0 Å². The minimum atomic E-state index is 0.0293. The number of ether oxygens (including phenoxy) is 2. The minimum absolute atomic E-state index is 0.0293. The summed E-state index contributed by atoms with van der Waals surface area (Å²) in [6.07, 6.45) is 1.10. The minimum Gasteiger partial charge on any atom is -0.493 e. The summed E-state index contributed by atoms with van der Waals surface area (Å²) in [6.45, 7) is 4.38. The number of hydrogen-bond donors (Lipinski definition) is 1. The van der Waals surface area contributed by atoms with Crippen LogP contribution in [0.3, 0.4) is 0 Å². The Kier molecular flexibility index (Phi) is 4.42. The Hall–Kier alpha value is -0.580. The largest absolute Gasteiger partial charge is 0.493 e. The molecule has 1 aliphatic heterocycles. The van der Waals surface area contributed by atoms with E-state index < -0.39 is 0 Å². The van der Waals surface area contributed by atoms with Gasteiger partial charge in [0.2, 0.25) is 0 Å². The molecule has 2 atom stereocenters. The van der Waals surface area contributed by atoms with Gasteiger partial charge in [0.25, 0.3) is 0 Å². The molecule has 4 heteroatoms. The predicted octanol–water partition coefficient (Wildman–Crippen LogP) is 2.88. The van der Waals surface area contributed by atoms with Crippen molar-refractivity contribution in [2.24, 2.45) is 11.7 Å². The second-order valence-corrected chi connectivity index (χ2v) is 5.37. The van der Waals surface area contributed by atoms with E-state index in [2.05, 4.69) is 15.9 Å². The summed E-state index contributed by atoms with van der Waals surface area (Å²) in [5.41, 5.74) is 6.95. The van der Waals surface area contributed by atoms with Crippen LogP contribution in [-0.4, -0.2) is 19.8 Å². The summed E-state index contributed by atoms with van der Waals surface area (Å²) in [4.78, 5) is 0. The van der Waals surface area contributed by atoms with Gasteiger partial charge in [-0.1, -0.05) is 22.0 Å². The van der Waals surface area contributed by atoms with Crippen molar-refractivity contribution in [3.05, 3.63) is 28.2 Å². The fourth-order valence-electron chi connectivity index (χ4n) is 1.90. The number of hydrogen-bond acceptors (Lipinski definition) is 3. The molecule has 0 spiro atoms. The van der Waals surface area contributed by atoms with Gasteiger partial charge in [-0.2, -0.15) is 0 Å². The third-order valence-corrected chi connectivity index (χ3v) is 3.66. The molecule has 0 bridgehead atoms. The van der Waals surface area contributed by atoms with Gasteiger partial charge in [0, 0.05) is 23.0 Å². The number of rotatable bonds is 4. The van der Waals surface area contributed by atoms with Crippen LogP contribution in [0, 0.1) is 5.92 Å². The molecule has 1 aromatic rings. The molecule has 2 N–H and O–H groups in total. The molecule has 1 fully saturated rings. The zero-order valence-electron chi connectivity index (χ0n) is 9.99. The topological polar surface area (TPSA) is 44.5 Å². The van der Waals surface area contributed by atoms with Crippen LogP contribution in [0.1, 0.15) is 24.9 Å². The SMILES string of the molecule is C[C@H](N)c1ccc(OCC2CCOC2)cc1Br. The average Bonchev–Trinajstić information content (AvgIpc) is 2.78. The van der Waals surface area contributed by atoms with Crippen LogP contribution in [0.15, 0.2) is 22.7 Å². The van der Waals surface area contributed by atoms with E-state index in [9.17, 15) is 0 Å². The van der Waals surface area contributed by atoms with Crippen molar-refractivity contribution in [3.63, 3.8) is 0 Å². The highest BCUT2D eigenvalue weighted by Gasteiger charge is 2.16. The highest BCUT2D eigenvalue weighted by molar-refractivity contribution is 9.10. The Bertz CT molecular complexity index is 376. The van der Waals surface area contributed by atoms with Crippen molar-refractivity contribution in [1.29, 1.82) is 0 Å². The molecule has 3 nitrogen and oxygen atoms in total. The van der Waals surface area contributed by atoms with Crippen LogP contribution in [0.2, 0.25) is 0 Å². The molecule has 17 heavy (non-hydrogen) atoms. The third kappa shape index (κ3) is 3.44. The maximum atomic E-state index is 5.85. The first kappa shape index (κ1) is 12.9. The van der Waals surface area contributed by atoms with Crippen molar-refractivity contribution in [2.45, 2.75) is 19.4 Å². The van der Waals surface area contributed by atoms with Crippen molar-refractivity contribution in [3.8, 4) is 5.75 Å². The van der Waals surface area contributed by atoms with Crippen molar-refractivity contribution in [2.75, 3.05) is 19.8 Å². The summed E-state index contributed by atoms with van der Waals surface area (Å²) in [5.74, 6) is 1.41. The smallest absolute Gasteiger partial charge is 0.120 e. The van der Waals surface area contributed by atoms with Crippen LogP contribution < -0.4 is 10.5 Å². The first-order valence-corrected chi connectivity index (χ1v) is 6.71. The molecule has 0 amide bonds. The Morgan fingerprint density at radius 1 is 1.59 bits per heavy atom. The van der Waals surface area contributed by atoms with E-state index in [1.54, 1.807) is 0 Å². The third-order valence-electron chi connectivity index (χ3n) is 2.97. The quantitative estimate of drug-likeness (QED) is 0.930. The summed E-state index contributed by atoms with van der Waals surface area (Å²) in [7, 11) is 0. The van der Waals surface area contributed by atoms with Gasteiger partial charge >= 0.3 is 0 Å². The molecular weight excluding hydrogens is 282 g/mol. The van der Waals surface area contributed by atoms with Gasteiger partial charge in [-0.05, 0) is 31.0 Å². The zero-order chi connectivity index (χ0) is 12.3. The fraction of sp³-hybridized carbons (Fsp3) is 0.538. The Labute approximate surface area is 110 Å². The maximum Gasteiger partial charge on any atom is 0.120 e. The second-order valence-electron chi connectivity index (χ2n) is 4.51. The molecule has 94 valence electrons. The first-order valence-electron chi connectivity index (χ1n) is 5.92. The standard InChI is InChI=1S/C13H18BrNO2/c1-9(15)12-3-2-11(6-13(12)14)17-8-10-4-5-16-7-10/h2-3,6,9-10H,4-5,7-8,15H2,1H3/t9-,10?/m0/s1. The van der Waals surface area contributed by atoms with Crippen molar-refractivity contribution >= 4 is 15.9 Å². The molecule has 1 unspecified atom stereocenters. The lowest BCUT2D eigenvalue weighted by Gasteiger charge is -2.13. The van der Waals surface area contributed by atoms with Gasteiger partial charge in [0.1, 0.15) is 5.75 Å². The summed E-state index contributed by atoms with van der Waals surface area (Å²) in [6, 6.07) is 5.99. The highest BCUT2D eigenvalue weighted by Crippen LogP contribution is 2.27. The Morgan fingerprint density at radius 3 is 3.00 bits per heavy atom. The van der Waals surface area contributed by atoms with Gasteiger partial charge in [-0.25, -0.2) is 0 Å². The molecule has 0 aromatic heterocycles. The van der Waals surface area contributed by atoms with Crippen molar-refractivity contribution in [1.82, 2.24) is 0 Å². The average molecular weight is 300 g/mol. The van der Waals surface area contributed by atoms with Crippen LogP contribution in [0.4, 0.5) is 0 Å². The van der Waals surface area contributed by atoms with Gasteiger partial charge in [0.15, 0.2) is 0 Å². The first-order chi connectivity index (χ1) is 8.16. The van der Waals surface area contributed by atoms with E-state index in [4.69, 9.17) is 15.2 Å². The van der Waals surface area contributed by atoms with Crippen LogP contribution in [0.5, 0.6) is 5.75 Å². The monoisotopic (exact) mass is 299 g/mol. The van der Waals surface area contributed by atoms with Gasteiger partial charge in [0.05, 0.1) is 13.2 Å². The summed E-state index contributed by atoms with van der Waals surface area (Å²) in [5, 5.41) is 0. The lowest BCUT2D eigenvalue weighted by atomic mass is 10.1.